The van der Waals surface area contributed by atoms with Gasteiger partial charge in [-0.15, -0.1) is 0 Å². The van der Waals surface area contributed by atoms with Crippen molar-refractivity contribution in [2.45, 2.75) is 37.6 Å². The molecular weight excluding hydrogens is 432 g/mol. The predicted molar refractivity (Wildman–Crippen MR) is 125 cm³/mol. The van der Waals surface area contributed by atoms with Gasteiger partial charge in [-0.3, -0.25) is 9.52 Å². The van der Waals surface area contributed by atoms with Gasteiger partial charge in [0, 0.05) is 11.6 Å². The highest BCUT2D eigenvalue weighted by Gasteiger charge is 2.17. The second-order valence-electron chi connectivity index (χ2n) is 7.51. The van der Waals surface area contributed by atoms with E-state index in [9.17, 15) is 13.2 Å². The number of hydrogen-bond donors (Lipinski definition) is 2. The van der Waals surface area contributed by atoms with Crippen LogP contribution in [0.3, 0.4) is 0 Å². The third-order valence-electron chi connectivity index (χ3n) is 4.89. The van der Waals surface area contributed by atoms with Crippen LogP contribution in [0.15, 0.2) is 77.7 Å². The van der Waals surface area contributed by atoms with E-state index in [4.69, 9.17) is 11.6 Å². The van der Waals surface area contributed by atoms with Gasteiger partial charge in [-0.05, 0) is 62.6 Å². The van der Waals surface area contributed by atoms with Crippen molar-refractivity contribution in [2.75, 3.05) is 4.72 Å². The standard InChI is InChI=1S/C24H25ClN2O3S/c1-17-8-13-21(14-9-17)31(29,30)27-23-15-12-20(16-22(23)25)24(28)26-18(2)10-11-19-6-4-3-5-7-19/h3-9,12-16,18,27H,10-11H2,1-2H3,(H,26,28)/t18-/m0/s1. The van der Waals surface area contributed by atoms with Gasteiger partial charge in [0.1, 0.15) is 0 Å². The maximum atomic E-state index is 12.6. The molecule has 0 aliphatic carbocycles. The molecule has 0 saturated carbocycles. The first kappa shape index (κ1) is 22.8. The summed E-state index contributed by atoms with van der Waals surface area (Å²) in [6, 6.07) is 21.1. The number of carbonyl (C=O) groups excluding carboxylic acids is 1. The highest BCUT2D eigenvalue weighted by molar-refractivity contribution is 7.92. The van der Waals surface area contributed by atoms with Gasteiger partial charge in [0.25, 0.3) is 15.9 Å². The third kappa shape index (κ3) is 6.32. The number of sulfonamides is 1. The molecular formula is C24H25ClN2O3S. The zero-order valence-electron chi connectivity index (χ0n) is 17.4. The fraction of sp³-hybridized carbons (Fsp3) is 0.208. The quantitative estimate of drug-likeness (QED) is 0.489. The first-order chi connectivity index (χ1) is 14.7. The summed E-state index contributed by atoms with van der Waals surface area (Å²) in [4.78, 5) is 12.7. The van der Waals surface area contributed by atoms with Gasteiger partial charge in [0.05, 0.1) is 15.6 Å². The van der Waals surface area contributed by atoms with E-state index in [0.29, 0.717) is 5.56 Å². The van der Waals surface area contributed by atoms with Crippen molar-refractivity contribution in [2.24, 2.45) is 0 Å². The molecule has 31 heavy (non-hydrogen) atoms. The number of rotatable bonds is 8. The number of nitrogens with one attached hydrogen (secondary N) is 2. The van der Waals surface area contributed by atoms with Crippen LogP contribution < -0.4 is 10.0 Å². The molecule has 1 atom stereocenters. The minimum Gasteiger partial charge on any atom is -0.350 e. The lowest BCUT2D eigenvalue weighted by Gasteiger charge is -2.15. The molecule has 0 unspecified atom stereocenters. The Labute approximate surface area is 188 Å². The summed E-state index contributed by atoms with van der Waals surface area (Å²) in [7, 11) is -3.77. The van der Waals surface area contributed by atoms with Crippen LogP contribution in [0.25, 0.3) is 0 Å². The van der Waals surface area contributed by atoms with E-state index in [-0.39, 0.29) is 27.6 Å². The number of halogens is 1. The molecule has 0 aliphatic rings. The molecule has 7 heteroatoms. The average Bonchev–Trinajstić information content (AvgIpc) is 2.74. The SMILES string of the molecule is Cc1ccc(S(=O)(=O)Nc2ccc(C(=O)N[C@@H](C)CCc3ccccc3)cc2Cl)cc1. The monoisotopic (exact) mass is 456 g/mol. The maximum absolute atomic E-state index is 12.6. The van der Waals surface area contributed by atoms with Crippen LogP contribution in [0.5, 0.6) is 0 Å². The topological polar surface area (TPSA) is 75.3 Å². The van der Waals surface area contributed by atoms with E-state index in [0.717, 1.165) is 18.4 Å². The fourth-order valence-electron chi connectivity index (χ4n) is 3.07. The zero-order valence-corrected chi connectivity index (χ0v) is 19.0. The van der Waals surface area contributed by atoms with Crippen LogP contribution in [-0.2, 0) is 16.4 Å². The minimum atomic E-state index is -3.77. The van der Waals surface area contributed by atoms with Gasteiger partial charge in [-0.1, -0.05) is 59.6 Å². The van der Waals surface area contributed by atoms with Crippen molar-refractivity contribution >= 4 is 33.2 Å². The normalized spacial score (nSPS) is 12.2. The first-order valence-corrected chi connectivity index (χ1v) is 11.8. The highest BCUT2D eigenvalue weighted by Crippen LogP contribution is 2.26. The molecule has 5 nitrogen and oxygen atoms in total. The highest BCUT2D eigenvalue weighted by atomic mass is 35.5. The smallest absolute Gasteiger partial charge is 0.261 e. The van der Waals surface area contributed by atoms with E-state index in [1.54, 1.807) is 18.2 Å². The summed E-state index contributed by atoms with van der Waals surface area (Å²) in [6.07, 6.45) is 1.67. The molecule has 0 saturated heterocycles. The number of hydrogen-bond acceptors (Lipinski definition) is 3. The number of anilines is 1. The molecule has 0 heterocycles. The molecule has 0 fully saturated rings. The van der Waals surface area contributed by atoms with Crippen molar-refractivity contribution < 1.29 is 13.2 Å². The zero-order chi connectivity index (χ0) is 22.4. The van der Waals surface area contributed by atoms with E-state index in [1.165, 1.54) is 29.8 Å². The van der Waals surface area contributed by atoms with E-state index in [1.807, 2.05) is 32.0 Å². The van der Waals surface area contributed by atoms with Gasteiger partial charge >= 0.3 is 0 Å². The lowest BCUT2D eigenvalue weighted by molar-refractivity contribution is 0.0938. The molecule has 0 radical (unpaired) electrons. The van der Waals surface area contributed by atoms with Crippen molar-refractivity contribution in [3.05, 3.63) is 94.5 Å². The molecule has 0 aliphatic heterocycles. The Balaban J connectivity index is 1.63. The van der Waals surface area contributed by atoms with Crippen molar-refractivity contribution in [1.82, 2.24) is 5.32 Å². The number of aryl methyl sites for hydroxylation is 2. The number of amides is 1. The summed E-state index contributed by atoms with van der Waals surface area (Å²) >= 11 is 6.26. The summed E-state index contributed by atoms with van der Waals surface area (Å²) < 4.78 is 27.6. The van der Waals surface area contributed by atoms with Crippen LogP contribution in [0, 0.1) is 6.92 Å². The summed E-state index contributed by atoms with van der Waals surface area (Å²) in [5.41, 5.74) is 2.77. The van der Waals surface area contributed by atoms with Gasteiger partial charge in [-0.2, -0.15) is 0 Å². The van der Waals surface area contributed by atoms with E-state index in [2.05, 4.69) is 22.2 Å². The lowest BCUT2D eigenvalue weighted by Crippen LogP contribution is -2.32. The predicted octanol–water partition coefficient (Wildman–Crippen LogP) is 5.20. The molecule has 162 valence electrons. The van der Waals surface area contributed by atoms with Crippen LogP contribution in [-0.4, -0.2) is 20.4 Å². The molecule has 1 amide bonds. The Kier molecular flexibility index (Phi) is 7.36. The van der Waals surface area contributed by atoms with Gasteiger partial charge in [0.2, 0.25) is 0 Å². The summed E-state index contributed by atoms with van der Waals surface area (Å²) in [6.45, 7) is 3.83. The van der Waals surface area contributed by atoms with Crippen molar-refractivity contribution in [1.29, 1.82) is 0 Å². The Morgan fingerprint density at radius 2 is 1.68 bits per heavy atom. The second kappa shape index (κ2) is 9.98. The van der Waals surface area contributed by atoms with Gasteiger partial charge < -0.3 is 5.32 Å². The van der Waals surface area contributed by atoms with E-state index < -0.39 is 10.0 Å². The van der Waals surface area contributed by atoms with Gasteiger partial charge in [0.15, 0.2) is 0 Å². The third-order valence-corrected chi connectivity index (χ3v) is 6.59. The number of benzene rings is 3. The summed E-state index contributed by atoms with van der Waals surface area (Å²) in [5, 5.41) is 3.11. The molecule has 3 aromatic rings. The van der Waals surface area contributed by atoms with Crippen LogP contribution >= 0.6 is 11.6 Å². The molecule has 0 aromatic heterocycles. The lowest BCUT2D eigenvalue weighted by atomic mass is 10.1. The Morgan fingerprint density at radius 3 is 2.32 bits per heavy atom. The molecule has 0 spiro atoms. The van der Waals surface area contributed by atoms with E-state index >= 15 is 0 Å². The first-order valence-electron chi connectivity index (χ1n) is 9.98. The van der Waals surface area contributed by atoms with Crippen LogP contribution in [0.4, 0.5) is 5.69 Å². The average molecular weight is 457 g/mol. The Bertz CT molecular complexity index is 1150. The number of carbonyl (C=O) groups is 1. The van der Waals surface area contributed by atoms with Crippen LogP contribution in [0.2, 0.25) is 5.02 Å². The van der Waals surface area contributed by atoms with Crippen molar-refractivity contribution in [3.8, 4) is 0 Å². The molecule has 0 bridgehead atoms. The van der Waals surface area contributed by atoms with Crippen molar-refractivity contribution in [3.63, 3.8) is 0 Å². The maximum Gasteiger partial charge on any atom is 0.261 e. The Morgan fingerprint density at radius 1 is 1.00 bits per heavy atom. The molecule has 3 rings (SSSR count). The Hall–Kier alpha value is -2.83. The molecule has 2 N–H and O–H groups in total. The van der Waals surface area contributed by atoms with Crippen LogP contribution in [0.1, 0.15) is 34.8 Å². The van der Waals surface area contributed by atoms with Gasteiger partial charge in [-0.25, -0.2) is 8.42 Å². The summed E-state index contributed by atoms with van der Waals surface area (Å²) in [5.74, 6) is -0.254. The fourth-order valence-corrected chi connectivity index (χ4v) is 4.43. The second-order valence-corrected chi connectivity index (χ2v) is 9.60. The molecule has 3 aromatic carbocycles. The largest absolute Gasteiger partial charge is 0.350 e. The minimum absolute atomic E-state index is 0.0220.